The van der Waals surface area contributed by atoms with Crippen molar-refractivity contribution in [1.29, 1.82) is 0 Å². The van der Waals surface area contributed by atoms with Gasteiger partial charge in [-0.25, -0.2) is 0 Å². The van der Waals surface area contributed by atoms with E-state index in [1.807, 2.05) is 50.2 Å². The number of ether oxygens (including phenoxy) is 1. The molecule has 157 valence electrons. The normalized spacial score (nSPS) is 20.7. The van der Waals surface area contributed by atoms with Crippen LogP contribution in [0.1, 0.15) is 29.5 Å². The van der Waals surface area contributed by atoms with Crippen LogP contribution >= 0.6 is 0 Å². The number of quaternary nitrogens is 1. The van der Waals surface area contributed by atoms with Crippen molar-refractivity contribution in [2.45, 2.75) is 33.2 Å². The van der Waals surface area contributed by atoms with E-state index in [9.17, 15) is 9.59 Å². The number of likely N-dealkylation sites (tertiary alicyclic amines) is 1. The summed E-state index contributed by atoms with van der Waals surface area (Å²) in [7, 11) is 1.44. The fraction of sp³-hybridized carbons (Fsp3) is 0.417. The summed E-state index contributed by atoms with van der Waals surface area (Å²) in [6, 6.07) is 16.2. The second kappa shape index (κ2) is 11.2. The summed E-state index contributed by atoms with van der Waals surface area (Å²) in [6.07, 6.45) is 1.73. The van der Waals surface area contributed by atoms with Crippen molar-refractivity contribution in [3.05, 3.63) is 65.2 Å². The predicted molar refractivity (Wildman–Crippen MR) is 114 cm³/mol. The molecule has 0 aliphatic carbocycles. The number of para-hydroxylation sites is 1. The number of esters is 1. The zero-order valence-electron chi connectivity index (χ0n) is 18.2. The SMILES string of the molecule is COC(=O)C1CCC[N+](CC(=O)Nc2c(C)cccc2C)(Cc2ccccc2)C1.[Y]. The van der Waals surface area contributed by atoms with Crippen LogP contribution in [0, 0.1) is 19.8 Å². The van der Waals surface area contributed by atoms with Gasteiger partial charge in [0.25, 0.3) is 5.91 Å². The maximum Gasteiger partial charge on any atom is 0.314 e. The Morgan fingerprint density at radius 1 is 1.07 bits per heavy atom. The van der Waals surface area contributed by atoms with Gasteiger partial charge >= 0.3 is 5.97 Å². The van der Waals surface area contributed by atoms with Crippen LogP contribution in [0.25, 0.3) is 0 Å². The molecular weight excluding hydrogens is 453 g/mol. The third kappa shape index (κ3) is 6.22. The molecule has 1 saturated heterocycles. The van der Waals surface area contributed by atoms with E-state index in [4.69, 9.17) is 4.74 Å². The number of nitrogens with zero attached hydrogens (tertiary/aromatic N) is 1. The second-order valence-electron chi connectivity index (χ2n) is 8.23. The first-order valence-electron chi connectivity index (χ1n) is 10.3. The number of methoxy groups -OCH3 is 1. The van der Waals surface area contributed by atoms with Gasteiger partial charge in [-0.1, -0.05) is 48.5 Å². The van der Waals surface area contributed by atoms with Gasteiger partial charge in [0, 0.05) is 44.0 Å². The van der Waals surface area contributed by atoms with Gasteiger partial charge in [-0.3, -0.25) is 9.59 Å². The summed E-state index contributed by atoms with van der Waals surface area (Å²) in [4.78, 5) is 25.3. The number of carbonyl (C=O) groups excluding carboxylic acids is 2. The van der Waals surface area contributed by atoms with Crippen LogP contribution in [0.15, 0.2) is 48.5 Å². The fourth-order valence-corrected chi connectivity index (χ4v) is 4.49. The van der Waals surface area contributed by atoms with E-state index >= 15 is 0 Å². The number of amides is 1. The van der Waals surface area contributed by atoms with E-state index < -0.39 is 0 Å². The molecule has 5 nitrogen and oxygen atoms in total. The molecule has 1 fully saturated rings. The minimum Gasteiger partial charge on any atom is -0.469 e. The number of nitrogens with one attached hydrogen (secondary N) is 1. The molecule has 2 aromatic rings. The Morgan fingerprint density at radius 2 is 1.73 bits per heavy atom. The Balaban J connectivity index is 0.00000320. The number of rotatable bonds is 6. The van der Waals surface area contributed by atoms with Crippen LogP contribution in [0.3, 0.4) is 0 Å². The van der Waals surface area contributed by atoms with Crippen LogP contribution in [0.4, 0.5) is 5.69 Å². The minimum atomic E-state index is -0.171. The molecular formula is C24H31N2O3Y+. The summed E-state index contributed by atoms with van der Waals surface area (Å²) < 4.78 is 5.59. The largest absolute Gasteiger partial charge is 0.469 e. The van der Waals surface area contributed by atoms with E-state index in [0.717, 1.165) is 42.7 Å². The molecule has 6 heteroatoms. The van der Waals surface area contributed by atoms with E-state index in [1.165, 1.54) is 12.7 Å². The van der Waals surface area contributed by atoms with E-state index in [2.05, 4.69) is 17.4 Å². The van der Waals surface area contributed by atoms with E-state index in [-0.39, 0.29) is 50.5 Å². The van der Waals surface area contributed by atoms with E-state index in [1.54, 1.807) is 0 Å². The van der Waals surface area contributed by atoms with Gasteiger partial charge in [-0.2, -0.15) is 0 Å². The Kier molecular flexibility index (Phi) is 9.20. The Hall–Kier alpha value is -1.56. The molecule has 1 aliphatic rings. The first-order valence-corrected chi connectivity index (χ1v) is 10.3. The molecule has 30 heavy (non-hydrogen) atoms. The summed E-state index contributed by atoms with van der Waals surface area (Å²) >= 11 is 0. The molecule has 0 bridgehead atoms. The predicted octanol–water partition coefficient (Wildman–Crippen LogP) is 3.84. The maximum atomic E-state index is 13.1. The van der Waals surface area contributed by atoms with Gasteiger partial charge in [0.2, 0.25) is 0 Å². The topological polar surface area (TPSA) is 55.4 Å². The van der Waals surface area contributed by atoms with Crippen molar-refractivity contribution in [3.8, 4) is 0 Å². The average molecular weight is 484 g/mol. The van der Waals surface area contributed by atoms with Gasteiger partial charge in [0.05, 0.1) is 20.2 Å². The van der Waals surface area contributed by atoms with Gasteiger partial charge < -0.3 is 14.5 Å². The van der Waals surface area contributed by atoms with E-state index in [0.29, 0.717) is 17.6 Å². The monoisotopic (exact) mass is 484 g/mol. The number of aryl methyl sites for hydroxylation is 2. The summed E-state index contributed by atoms with van der Waals surface area (Å²) in [5, 5.41) is 3.12. The van der Waals surface area contributed by atoms with Crippen LogP contribution in [-0.2, 0) is 53.6 Å². The molecule has 2 aromatic carbocycles. The zero-order chi connectivity index (χ0) is 20.9. The summed E-state index contributed by atoms with van der Waals surface area (Å²) in [5.74, 6) is -0.343. The van der Waals surface area contributed by atoms with Crippen LogP contribution in [0.5, 0.6) is 0 Å². The molecule has 0 spiro atoms. The molecule has 3 rings (SSSR count). The fourth-order valence-electron chi connectivity index (χ4n) is 4.49. The van der Waals surface area contributed by atoms with Crippen molar-refractivity contribution in [2.24, 2.45) is 5.92 Å². The van der Waals surface area contributed by atoms with Crippen molar-refractivity contribution in [3.63, 3.8) is 0 Å². The standard InChI is InChI=1S/C24H30N2O3.Y/c1-18-9-7-10-19(2)23(18)25-22(27)17-26(15-20-11-5-4-6-12-20)14-8-13-21(16-26)24(28)29-3;/h4-7,9-12,21H,8,13-17H2,1-3H3;/p+1. The molecule has 1 N–H and O–H groups in total. The smallest absolute Gasteiger partial charge is 0.314 e. The zero-order valence-corrected chi connectivity index (χ0v) is 21.0. The first-order chi connectivity index (χ1) is 13.9. The van der Waals surface area contributed by atoms with Crippen molar-refractivity contribution in [2.75, 3.05) is 32.1 Å². The van der Waals surface area contributed by atoms with Gasteiger partial charge in [-0.05, 0) is 37.8 Å². The molecule has 0 aromatic heterocycles. The number of piperidine rings is 1. The van der Waals surface area contributed by atoms with Gasteiger partial charge in [-0.15, -0.1) is 0 Å². The van der Waals surface area contributed by atoms with Gasteiger partial charge in [0.1, 0.15) is 12.5 Å². The van der Waals surface area contributed by atoms with Crippen molar-refractivity contribution in [1.82, 2.24) is 0 Å². The number of hydrogen-bond donors (Lipinski definition) is 1. The summed E-state index contributed by atoms with van der Waals surface area (Å²) in [6.45, 7) is 6.59. The maximum absolute atomic E-state index is 13.1. The number of anilines is 1. The number of carbonyl (C=O) groups is 2. The van der Waals surface area contributed by atoms with Crippen molar-refractivity contribution < 1.29 is 51.5 Å². The third-order valence-corrected chi connectivity index (χ3v) is 5.91. The Labute approximate surface area is 204 Å². The quantitative estimate of drug-likeness (QED) is 0.501. The second-order valence-corrected chi connectivity index (χ2v) is 8.23. The third-order valence-electron chi connectivity index (χ3n) is 5.91. The minimum absolute atomic E-state index is 0. The Morgan fingerprint density at radius 3 is 2.37 bits per heavy atom. The molecule has 0 saturated carbocycles. The van der Waals surface area contributed by atoms with Crippen LogP contribution < -0.4 is 5.32 Å². The first kappa shape index (κ1) is 24.7. The molecule has 1 aliphatic heterocycles. The molecule has 1 radical (unpaired) electrons. The van der Waals surface area contributed by atoms with Crippen LogP contribution in [-0.4, -0.2) is 43.1 Å². The Bertz CT molecular complexity index is 852. The average Bonchev–Trinajstić information content (AvgIpc) is 2.71. The molecule has 1 amide bonds. The number of benzene rings is 2. The molecule has 2 unspecified atom stereocenters. The summed E-state index contributed by atoms with van der Waals surface area (Å²) in [5.41, 5.74) is 4.17. The van der Waals surface area contributed by atoms with Crippen LogP contribution in [0.2, 0.25) is 0 Å². The van der Waals surface area contributed by atoms with Crippen molar-refractivity contribution >= 4 is 17.6 Å². The molecule has 2 atom stereocenters. The number of hydrogen-bond acceptors (Lipinski definition) is 3. The molecule has 1 heterocycles. The van der Waals surface area contributed by atoms with Gasteiger partial charge in [0.15, 0.2) is 6.54 Å².